The van der Waals surface area contributed by atoms with Crippen molar-refractivity contribution in [3.05, 3.63) is 11.6 Å². The van der Waals surface area contributed by atoms with Crippen LogP contribution < -0.4 is 5.32 Å². The summed E-state index contributed by atoms with van der Waals surface area (Å²) < 4.78 is 12.1. The highest BCUT2D eigenvalue weighted by Gasteiger charge is 2.53. The summed E-state index contributed by atoms with van der Waals surface area (Å²) in [6.07, 6.45) is 10.7. The van der Waals surface area contributed by atoms with Gasteiger partial charge in [0, 0.05) is 17.9 Å². The molecule has 1 heterocycles. The van der Waals surface area contributed by atoms with Gasteiger partial charge in [-0.15, -0.1) is 0 Å². The molecule has 4 heteroatoms. The predicted molar refractivity (Wildman–Crippen MR) is 111 cm³/mol. The average molecular weight is 380 g/mol. The number of unbranched alkanes of at least 4 members (excludes halogenated alkanes) is 4. The molecule has 0 aromatic carbocycles. The Kier molecular flexibility index (Phi) is 8.65. The molecule has 0 saturated carbocycles. The third-order valence-corrected chi connectivity index (χ3v) is 6.97. The SMILES string of the molecule is CCCCCCC1OC[C@@]2(COC(=O)NCCCC)C(C)C=C(C)C1[C@@H]2C. The molecule has 0 spiro atoms. The van der Waals surface area contributed by atoms with E-state index in [-0.39, 0.29) is 11.5 Å². The van der Waals surface area contributed by atoms with Gasteiger partial charge in [0.25, 0.3) is 0 Å². The molecule has 0 aromatic rings. The van der Waals surface area contributed by atoms with Gasteiger partial charge in [-0.2, -0.15) is 0 Å². The summed E-state index contributed by atoms with van der Waals surface area (Å²) in [4.78, 5) is 12.1. The van der Waals surface area contributed by atoms with Crippen LogP contribution in [0.15, 0.2) is 11.6 Å². The van der Waals surface area contributed by atoms with E-state index in [9.17, 15) is 4.79 Å². The van der Waals surface area contributed by atoms with Crippen LogP contribution in [0.2, 0.25) is 0 Å². The smallest absolute Gasteiger partial charge is 0.407 e. The number of rotatable bonds is 10. The Morgan fingerprint density at radius 1 is 1.22 bits per heavy atom. The van der Waals surface area contributed by atoms with E-state index in [0.717, 1.165) is 19.3 Å². The van der Waals surface area contributed by atoms with Crippen molar-refractivity contribution in [3.8, 4) is 0 Å². The van der Waals surface area contributed by atoms with Crippen molar-refractivity contribution in [2.45, 2.75) is 85.7 Å². The summed E-state index contributed by atoms with van der Waals surface area (Å²) in [5.74, 6) is 1.27. The summed E-state index contributed by atoms with van der Waals surface area (Å²) >= 11 is 0. The quantitative estimate of drug-likeness (QED) is 0.390. The van der Waals surface area contributed by atoms with Crippen molar-refractivity contribution >= 4 is 6.09 Å². The zero-order valence-corrected chi connectivity index (χ0v) is 18.2. The van der Waals surface area contributed by atoms with Crippen molar-refractivity contribution in [2.24, 2.45) is 23.2 Å². The molecule has 1 aliphatic heterocycles. The monoisotopic (exact) mass is 379 g/mol. The van der Waals surface area contributed by atoms with Gasteiger partial charge in [0.15, 0.2) is 0 Å². The van der Waals surface area contributed by atoms with E-state index in [2.05, 4.69) is 46.0 Å². The summed E-state index contributed by atoms with van der Waals surface area (Å²) in [5.41, 5.74) is 1.35. The van der Waals surface area contributed by atoms with Crippen LogP contribution in [0.25, 0.3) is 0 Å². The van der Waals surface area contributed by atoms with E-state index in [1.54, 1.807) is 0 Å². The van der Waals surface area contributed by atoms with Crippen molar-refractivity contribution in [3.63, 3.8) is 0 Å². The number of fused-ring (bicyclic) bond motifs is 2. The largest absolute Gasteiger partial charge is 0.449 e. The van der Waals surface area contributed by atoms with Crippen LogP contribution in [0.5, 0.6) is 0 Å². The highest BCUT2D eigenvalue weighted by molar-refractivity contribution is 5.67. The molecule has 2 rings (SSSR count). The van der Waals surface area contributed by atoms with Crippen molar-refractivity contribution in [1.29, 1.82) is 0 Å². The fourth-order valence-corrected chi connectivity index (χ4v) is 5.04. The molecule has 2 bridgehead atoms. The number of hydrogen-bond donors (Lipinski definition) is 1. The van der Waals surface area contributed by atoms with Crippen LogP contribution in [-0.4, -0.2) is 32.0 Å². The molecule has 5 atom stereocenters. The number of amides is 1. The van der Waals surface area contributed by atoms with Crippen LogP contribution in [-0.2, 0) is 9.47 Å². The molecule has 156 valence electrons. The highest BCUT2D eigenvalue weighted by Crippen LogP contribution is 2.53. The van der Waals surface area contributed by atoms with E-state index in [1.807, 2.05) is 0 Å². The third-order valence-electron chi connectivity index (χ3n) is 6.97. The van der Waals surface area contributed by atoms with Crippen molar-refractivity contribution in [2.75, 3.05) is 19.8 Å². The molecule has 3 unspecified atom stereocenters. The highest BCUT2D eigenvalue weighted by atomic mass is 16.6. The minimum Gasteiger partial charge on any atom is -0.449 e. The predicted octanol–water partition coefficient (Wildman–Crippen LogP) is 5.72. The Labute approximate surface area is 166 Å². The topological polar surface area (TPSA) is 47.6 Å². The van der Waals surface area contributed by atoms with Gasteiger partial charge in [-0.25, -0.2) is 4.79 Å². The molecular weight excluding hydrogens is 338 g/mol. The van der Waals surface area contributed by atoms with E-state index >= 15 is 0 Å². The number of carbonyl (C=O) groups is 1. The number of alkyl carbamates (subject to hydrolysis) is 1. The van der Waals surface area contributed by atoms with Gasteiger partial charge in [-0.3, -0.25) is 0 Å². The normalized spacial score (nSPS) is 32.7. The zero-order valence-electron chi connectivity index (χ0n) is 18.2. The summed E-state index contributed by atoms with van der Waals surface area (Å²) in [6.45, 7) is 13.0. The summed E-state index contributed by atoms with van der Waals surface area (Å²) in [6, 6.07) is 0. The van der Waals surface area contributed by atoms with Crippen molar-refractivity contribution < 1.29 is 14.3 Å². The second-order valence-corrected chi connectivity index (χ2v) is 8.80. The van der Waals surface area contributed by atoms with E-state index in [0.29, 0.717) is 43.6 Å². The van der Waals surface area contributed by atoms with Gasteiger partial charge >= 0.3 is 6.09 Å². The second-order valence-electron chi connectivity index (χ2n) is 8.80. The second kappa shape index (κ2) is 10.5. The lowest BCUT2D eigenvalue weighted by Crippen LogP contribution is -2.57. The number of allylic oxidation sites excluding steroid dienone is 1. The first-order valence-electron chi connectivity index (χ1n) is 11.2. The Bertz CT molecular complexity index is 504. The maximum atomic E-state index is 12.1. The Morgan fingerprint density at radius 2 is 1.96 bits per heavy atom. The molecule has 4 nitrogen and oxygen atoms in total. The molecule has 2 aliphatic rings. The fourth-order valence-electron chi connectivity index (χ4n) is 5.04. The number of nitrogens with one attached hydrogen (secondary N) is 1. The first-order valence-corrected chi connectivity index (χ1v) is 11.2. The molecule has 1 saturated heterocycles. The Hall–Kier alpha value is -1.03. The third kappa shape index (κ3) is 5.28. The fraction of sp³-hybridized carbons (Fsp3) is 0.870. The van der Waals surface area contributed by atoms with Gasteiger partial charge in [0.2, 0.25) is 0 Å². The van der Waals surface area contributed by atoms with Gasteiger partial charge in [-0.1, -0.05) is 71.4 Å². The summed E-state index contributed by atoms with van der Waals surface area (Å²) in [5, 5.41) is 2.86. The minimum atomic E-state index is -0.290. The molecule has 0 radical (unpaired) electrons. The first kappa shape index (κ1) is 22.3. The number of carbonyl (C=O) groups excluding carboxylic acids is 1. The molecule has 1 fully saturated rings. The van der Waals surface area contributed by atoms with Gasteiger partial charge in [-0.05, 0) is 31.6 Å². The lowest BCUT2D eigenvalue weighted by Gasteiger charge is -2.55. The molecular formula is C23H41NO3. The van der Waals surface area contributed by atoms with Crippen LogP contribution in [0.4, 0.5) is 4.79 Å². The lowest BCUT2D eigenvalue weighted by atomic mass is 9.56. The van der Waals surface area contributed by atoms with Gasteiger partial charge < -0.3 is 14.8 Å². The van der Waals surface area contributed by atoms with Crippen LogP contribution in [0.3, 0.4) is 0 Å². The van der Waals surface area contributed by atoms with E-state index in [1.165, 1.54) is 31.3 Å². The molecule has 27 heavy (non-hydrogen) atoms. The number of hydrogen-bond acceptors (Lipinski definition) is 3. The van der Waals surface area contributed by atoms with Crippen LogP contribution in [0, 0.1) is 23.2 Å². The molecule has 1 N–H and O–H groups in total. The van der Waals surface area contributed by atoms with Gasteiger partial charge in [0.05, 0.1) is 12.7 Å². The van der Waals surface area contributed by atoms with Crippen LogP contribution in [0.1, 0.15) is 79.6 Å². The molecule has 1 amide bonds. The molecule has 1 aliphatic carbocycles. The minimum absolute atomic E-state index is 0.105. The Morgan fingerprint density at radius 3 is 2.67 bits per heavy atom. The maximum Gasteiger partial charge on any atom is 0.407 e. The van der Waals surface area contributed by atoms with Crippen molar-refractivity contribution in [1.82, 2.24) is 5.32 Å². The zero-order chi connectivity index (χ0) is 19.9. The summed E-state index contributed by atoms with van der Waals surface area (Å²) in [7, 11) is 0. The number of ether oxygens (including phenoxy) is 2. The Balaban J connectivity index is 2.00. The van der Waals surface area contributed by atoms with E-state index in [4.69, 9.17) is 9.47 Å². The average Bonchev–Trinajstić information content (AvgIpc) is 2.63. The van der Waals surface area contributed by atoms with Crippen LogP contribution >= 0.6 is 0 Å². The maximum absolute atomic E-state index is 12.1. The van der Waals surface area contributed by atoms with E-state index < -0.39 is 0 Å². The lowest BCUT2D eigenvalue weighted by molar-refractivity contribution is -0.165. The first-order chi connectivity index (χ1) is 13.0. The molecule has 0 aromatic heterocycles. The van der Waals surface area contributed by atoms with Gasteiger partial charge in [0.1, 0.15) is 6.61 Å². The standard InChI is InChI=1S/C23H41NO3/c1-6-8-10-11-12-20-21-17(3)14-18(4)23(15-26-20,19(21)5)16-27-22(25)24-13-9-7-2/h14,18-21H,6-13,15-16H2,1-5H3,(H,24,25)/t18?,19-,20?,21?,23+/m0/s1.